The number of carbonyl (C=O) groups excluding carboxylic acids is 2. The van der Waals surface area contributed by atoms with Gasteiger partial charge < -0.3 is 21.1 Å². The van der Waals surface area contributed by atoms with Gasteiger partial charge >= 0.3 is 0 Å². The number of aliphatic hydroxyl groups excluding tert-OH is 1. The number of rotatable bonds is 4. The van der Waals surface area contributed by atoms with Gasteiger partial charge in [-0.1, -0.05) is 0 Å². The first-order chi connectivity index (χ1) is 7.91. The average Bonchev–Trinajstić information content (AvgIpc) is 2.25. The summed E-state index contributed by atoms with van der Waals surface area (Å²) in [7, 11) is 0. The Morgan fingerprint density at radius 1 is 1.53 bits per heavy atom. The van der Waals surface area contributed by atoms with Crippen LogP contribution in [0, 0.1) is 6.92 Å². The first kappa shape index (κ1) is 12.9. The van der Waals surface area contributed by atoms with E-state index < -0.39 is 23.5 Å². The molecule has 0 aliphatic rings. The first-order valence-electron chi connectivity index (χ1n) is 4.87. The minimum Gasteiger partial charge on any atom is -0.381 e. The van der Waals surface area contributed by atoms with Crippen molar-refractivity contribution >= 4 is 11.8 Å². The Kier molecular flexibility index (Phi) is 4.00. The lowest BCUT2D eigenvalue weighted by Crippen LogP contribution is -2.41. The number of aryl methyl sites for hydroxylation is 1. The van der Waals surface area contributed by atoms with Gasteiger partial charge in [0.2, 0.25) is 5.91 Å². The summed E-state index contributed by atoms with van der Waals surface area (Å²) in [6.45, 7) is 1.35. The van der Waals surface area contributed by atoms with Gasteiger partial charge in [0.1, 0.15) is 11.7 Å². The van der Waals surface area contributed by atoms with E-state index in [1.165, 1.54) is 6.07 Å². The molecule has 0 radical (unpaired) electrons. The van der Waals surface area contributed by atoms with Crippen molar-refractivity contribution in [1.82, 2.24) is 10.3 Å². The summed E-state index contributed by atoms with van der Waals surface area (Å²) >= 11 is 0. The predicted molar refractivity (Wildman–Crippen MR) is 59.3 cm³/mol. The topological polar surface area (TPSA) is 125 Å². The van der Waals surface area contributed by atoms with Crippen LogP contribution in [-0.2, 0) is 4.79 Å². The lowest BCUT2D eigenvalue weighted by Gasteiger charge is -2.08. The lowest BCUT2D eigenvalue weighted by atomic mass is 10.2. The summed E-state index contributed by atoms with van der Waals surface area (Å²) in [6, 6.07) is 2.93. The maximum Gasteiger partial charge on any atom is 0.260 e. The Morgan fingerprint density at radius 3 is 2.71 bits per heavy atom. The fourth-order valence-electron chi connectivity index (χ4n) is 1.14. The smallest absolute Gasteiger partial charge is 0.260 e. The molecule has 7 heteroatoms. The minimum absolute atomic E-state index is 0.0905. The summed E-state index contributed by atoms with van der Waals surface area (Å²) in [4.78, 5) is 35.9. The third kappa shape index (κ3) is 3.42. The maximum absolute atomic E-state index is 11.5. The molecule has 0 fully saturated rings. The molecule has 1 rings (SSSR count). The fourth-order valence-corrected chi connectivity index (χ4v) is 1.14. The van der Waals surface area contributed by atoms with E-state index in [0.717, 1.165) is 0 Å². The normalized spacial score (nSPS) is 11.9. The van der Waals surface area contributed by atoms with Crippen LogP contribution in [-0.4, -0.2) is 34.6 Å². The molecular formula is C10H13N3O4. The highest BCUT2D eigenvalue weighted by Gasteiger charge is 2.14. The number of carbonyl (C=O) groups is 2. The number of pyridine rings is 1. The van der Waals surface area contributed by atoms with E-state index in [4.69, 9.17) is 10.8 Å². The number of nitrogens with one attached hydrogen (secondary N) is 2. The molecule has 17 heavy (non-hydrogen) atoms. The molecule has 0 saturated carbocycles. The van der Waals surface area contributed by atoms with Crippen molar-refractivity contribution in [3.8, 4) is 0 Å². The van der Waals surface area contributed by atoms with E-state index >= 15 is 0 Å². The molecule has 0 aliphatic carbocycles. The van der Waals surface area contributed by atoms with E-state index in [0.29, 0.717) is 5.69 Å². The zero-order chi connectivity index (χ0) is 13.0. The minimum atomic E-state index is -1.47. The molecule has 0 spiro atoms. The van der Waals surface area contributed by atoms with Gasteiger partial charge in [-0.15, -0.1) is 0 Å². The summed E-state index contributed by atoms with van der Waals surface area (Å²) in [5.41, 5.74) is 4.81. The second kappa shape index (κ2) is 5.26. The van der Waals surface area contributed by atoms with Crippen LogP contribution in [0.1, 0.15) is 16.1 Å². The molecular weight excluding hydrogens is 226 g/mol. The Balaban J connectivity index is 2.71. The van der Waals surface area contributed by atoms with E-state index in [9.17, 15) is 14.4 Å². The van der Waals surface area contributed by atoms with Gasteiger partial charge in [-0.25, -0.2) is 0 Å². The van der Waals surface area contributed by atoms with Crippen molar-refractivity contribution in [1.29, 1.82) is 0 Å². The van der Waals surface area contributed by atoms with Crippen LogP contribution in [0.3, 0.4) is 0 Å². The highest BCUT2D eigenvalue weighted by molar-refractivity contribution is 5.94. The summed E-state index contributed by atoms with van der Waals surface area (Å²) in [6.07, 6.45) is -1.47. The number of primary amides is 1. The standard InChI is InChI=1S/C10H13N3O4/c1-5-2-3-6(10(17)13-5)9(16)12-4-7(14)8(11)15/h2-3,7,14H,4H2,1H3,(H2,11,15)(H,12,16)(H,13,17). The van der Waals surface area contributed by atoms with Crippen LogP contribution in [0.5, 0.6) is 0 Å². The molecule has 1 unspecified atom stereocenters. The number of H-pyrrole nitrogens is 1. The Labute approximate surface area is 96.6 Å². The van der Waals surface area contributed by atoms with Crippen LogP contribution in [0.2, 0.25) is 0 Å². The molecule has 7 nitrogen and oxygen atoms in total. The van der Waals surface area contributed by atoms with Crippen LogP contribution < -0.4 is 16.6 Å². The van der Waals surface area contributed by atoms with Crippen molar-refractivity contribution in [2.24, 2.45) is 5.73 Å². The highest BCUT2D eigenvalue weighted by atomic mass is 16.3. The van der Waals surface area contributed by atoms with E-state index in [1.54, 1.807) is 13.0 Å². The van der Waals surface area contributed by atoms with E-state index in [2.05, 4.69) is 10.3 Å². The third-order valence-electron chi connectivity index (χ3n) is 2.08. The number of nitrogens with two attached hydrogens (primary N) is 1. The quantitative estimate of drug-likeness (QED) is 0.497. The number of aliphatic hydroxyl groups is 1. The van der Waals surface area contributed by atoms with E-state index in [1.807, 2.05) is 0 Å². The van der Waals surface area contributed by atoms with Gasteiger partial charge in [0.15, 0.2) is 0 Å². The van der Waals surface area contributed by atoms with Crippen LogP contribution in [0.15, 0.2) is 16.9 Å². The van der Waals surface area contributed by atoms with Gasteiger partial charge in [0.05, 0.1) is 6.54 Å². The number of aromatic amines is 1. The van der Waals surface area contributed by atoms with Gasteiger partial charge in [0, 0.05) is 5.69 Å². The molecule has 1 aromatic heterocycles. The number of amides is 2. The largest absolute Gasteiger partial charge is 0.381 e. The molecule has 2 amide bonds. The molecule has 0 aromatic carbocycles. The third-order valence-corrected chi connectivity index (χ3v) is 2.08. The summed E-state index contributed by atoms with van der Waals surface area (Å²) < 4.78 is 0. The fraction of sp³-hybridized carbons (Fsp3) is 0.300. The summed E-state index contributed by atoms with van der Waals surface area (Å²) in [5, 5.41) is 11.3. The first-order valence-corrected chi connectivity index (χ1v) is 4.87. The SMILES string of the molecule is Cc1ccc(C(=O)NCC(O)C(N)=O)c(=O)[nH]1. The second-order valence-corrected chi connectivity index (χ2v) is 3.51. The zero-order valence-electron chi connectivity index (χ0n) is 9.19. The lowest BCUT2D eigenvalue weighted by molar-refractivity contribution is -0.125. The van der Waals surface area contributed by atoms with Crippen molar-refractivity contribution in [3.05, 3.63) is 33.7 Å². The molecule has 0 bridgehead atoms. The zero-order valence-corrected chi connectivity index (χ0v) is 9.19. The van der Waals surface area contributed by atoms with Gasteiger partial charge in [-0.3, -0.25) is 14.4 Å². The number of aromatic nitrogens is 1. The summed E-state index contributed by atoms with van der Waals surface area (Å²) in [5.74, 6) is -1.62. The molecule has 92 valence electrons. The Morgan fingerprint density at radius 2 is 2.18 bits per heavy atom. The van der Waals surface area contributed by atoms with Crippen LogP contribution >= 0.6 is 0 Å². The monoisotopic (exact) mass is 239 g/mol. The number of hydrogen-bond donors (Lipinski definition) is 4. The van der Waals surface area contributed by atoms with Gasteiger partial charge in [-0.05, 0) is 19.1 Å². The molecule has 0 aliphatic heterocycles. The van der Waals surface area contributed by atoms with Crippen molar-refractivity contribution in [2.75, 3.05) is 6.54 Å². The predicted octanol–water partition coefficient (Wildman–Crippen LogP) is -1.74. The number of hydrogen-bond acceptors (Lipinski definition) is 4. The Bertz CT molecular complexity index is 495. The van der Waals surface area contributed by atoms with Crippen LogP contribution in [0.4, 0.5) is 0 Å². The van der Waals surface area contributed by atoms with Crippen LogP contribution in [0.25, 0.3) is 0 Å². The Hall–Kier alpha value is -2.15. The molecule has 0 saturated heterocycles. The van der Waals surface area contributed by atoms with E-state index in [-0.39, 0.29) is 12.1 Å². The van der Waals surface area contributed by atoms with Crippen molar-refractivity contribution in [2.45, 2.75) is 13.0 Å². The molecule has 1 atom stereocenters. The van der Waals surface area contributed by atoms with Gasteiger partial charge in [0.25, 0.3) is 11.5 Å². The maximum atomic E-state index is 11.5. The molecule has 5 N–H and O–H groups in total. The molecule has 1 heterocycles. The molecule has 1 aromatic rings. The van der Waals surface area contributed by atoms with Gasteiger partial charge in [-0.2, -0.15) is 0 Å². The van der Waals surface area contributed by atoms with Crippen molar-refractivity contribution in [3.63, 3.8) is 0 Å². The second-order valence-electron chi connectivity index (χ2n) is 3.51. The average molecular weight is 239 g/mol. The van der Waals surface area contributed by atoms with Crippen molar-refractivity contribution < 1.29 is 14.7 Å². The highest BCUT2D eigenvalue weighted by Crippen LogP contribution is 1.93.